The van der Waals surface area contributed by atoms with Crippen LogP contribution in [0.25, 0.3) is 0 Å². The van der Waals surface area contributed by atoms with Crippen LogP contribution in [-0.4, -0.2) is 25.1 Å². The van der Waals surface area contributed by atoms with Gasteiger partial charge in [0.05, 0.1) is 37.7 Å². The highest BCUT2D eigenvalue weighted by molar-refractivity contribution is 6.10. The van der Waals surface area contributed by atoms with Gasteiger partial charge in [0.15, 0.2) is 0 Å². The topological polar surface area (TPSA) is 63.7 Å². The predicted octanol–water partition coefficient (Wildman–Crippen LogP) is 5.30. The lowest BCUT2D eigenvalue weighted by Crippen LogP contribution is -2.31. The van der Waals surface area contributed by atoms with Gasteiger partial charge >= 0.3 is 0 Å². The zero-order valence-corrected chi connectivity index (χ0v) is 18.5. The first-order valence-corrected chi connectivity index (χ1v) is 10.2. The number of methoxy groups -OCH3 is 2. The standard InChI is InChI=1S/C25H27N3O3/c1-25(2,3)17-8-10-20-21(13-17)28(15-16-7-6-12-26-23(16)27-20)24(29)19-14-18(30-4)9-11-22(19)31-5/h6-14H,15H2,1-5H3,(H,26,27). The molecule has 1 aromatic heterocycles. The van der Waals surface area contributed by atoms with Crippen LogP contribution < -0.4 is 19.7 Å². The molecule has 0 atom stereocenters. The molecular weight excluding hydrogens is 390 g/mol. The molecule has 2 aromatic carbocycles. The largest absolute Gasteiger partial charge is 0.497 e. The molecule has 1 aliphatic heterocycles. The van der Waals surface area contributed by atoms with E-state index in [1.165, 1.54) is 0 Å². The van der Waals surface area contributed by atoms with Crippen molar-refractivity contribution >= 4 is 23.1 Å². The van der Waals surface area contributed by atoms with E-state index < -0.39 is 0 Å². The number of pyridine rings is 1. The van der Waals surface area contributed by atoms with Crippen molar-refractivity contribution in [3.05, 3.63) is 71.4 Å². The van der Waals surface area contributed by atoms with Gasteiger partial charge in [-0.25, -0.2) is 4.98 Å². The number of aromatic nitrogens is 1. The maximum Gasteiger partial charge on any atom is 0.262 e. The quantitative estimate of drug-likeness (QED) is 0.626. The fourth-order valence-electron chi connectivity index (χ4n) is 3.70. The predicted molar refractivity (Wildman–Crippen MR) is 123 cm³/mol. The Morgan fingerprint density at radius 2 is 1.87 bits per heavy atom. The molecule has 0 fully saturated rings. The molecule has 0 unspecified atom stereocenters. The summed E-state index contributed by atoms with van der Waals surface area (Å²) in [5, 5.41) is 3.41. The molecule has 0 saturated carbocycles. The molecule has 31 heavy (non-hydrogen) atoms. The van der Waals surface area contributed by atoms with Gasteiger partial charge in [0.2, 0.25) is 0 Å². The summed E-state index contributed by atoms with van der Waals surface area (Å²) in [5.74, 6) is 1.69. The summed E-state index contributed by atoms with van der Waals surface area (Å²) < 4.78 is 10.8. The van der Waals surface area contributed by atoms with E-state index in [9.17, 15) is 4.79 Å². The van der Waals surface area contributed by atoms with Crippen LogP contribution in [0, 0.1) is 0 Å². The highest BCUT2D eigenvalue weighted by atomic mass is 16.5. The van der Waals surface area contributed by atoms with Crippen LogP contribution in [0.3, 0.4) is 0 Å². The molecule has 0 bridgehead atoms. The average Bonchev–Trinajstić information content (AvgIpc) is 2.93. The third kappa shape index (κ3) is 3.93. The van der Waals surface area contributed by atoms with Crippen molar-refractivity contribution in [2.24, 2.45) is 0 Å². The molecule has 0 saturated heterocycles. The van der Waals surface area contributed by atoms with Gasteiger partial charge in [0, 0.05) is 11.8 Å². The first kappa shape index (κ1) is 20.7. The summed E-state index contributed by atoms with van der Waals surface area (Å²) >= 11 is 0. The first-order chi connectivity index (χ1) is 14.8. The number of fused-ring (bicyclic) bond motifs is 2. The van der Waals surface area contributed by atoms with Gasteiger partial charge in [-0.2, -0.15) is 0 Å². The van der Waals surface area contributed by atoms with Gasteiger partial charge in [0.25, 0.3) is 5.91 Å². The Morgan fingerprint density at radius 3 is 2.58 bits per heavy atom. The van der Waals surface area contributed by atoms with Crippen molar-refractivity contribution < 1.29 is 14.3 Å². The molecule has 0 aliphatic carbocycles. The molecule has 1 amide bonds. The number of carbonyl (C=O) groups excluding carboxylic acids is 1. The molecule has 3 aromatic rings. The lowest BCUT2D eigenvalue weighted by atomic mass is 9.86. The molecule has 6 nitrogen and oxygen atoms in total. The van der Waals surface area contributed by atoms with Crippen LogP contribution in [0.2, 0.25) is 0 Å². The highest BCUT2D eigenvalue weighted by Gasteiger charge is 2.29. The molecule has 1 aliphatic rings. The summed E-state index contributed by atoms with van der Waals surface area (Å²) in [6, 6.07) is 15.3. The Balaban J connectivity index is 1.89. The molecule has 2 heterocycles. The van der Waals surface area contributed by atoms with Crippen LogP contribution in [0.4, 0.5) is 17.2 Å². The average molecular weight is 418 g/mol. The number of hydrogen-bond acceptors (Lipinski definition) is 5. The van der Waals surface area contributed by atoms with Gasteiger partial charge in [-0.3, -0.25) is 4.79 Å². The summed E-state index contributed by atoms with van der Waals surface area (Å²) in [5.41, 5.74) is 4.10. The van der Waals surface area contributed by atoms with E-state index in [4.69, 9.17) is 9.47 Å². The Bertz CT molecular complexity index is 1140. The minimum Gasteiger partial charge on any atom is -0.497 e. The van der Waals surface area contributed by atoms with Crippen molar-refractivity contribution in [3.63, 3.8) is 0 Å². The normalized spacial score (nSPS) is 12.9. The van der Waals surface area contributed by atoms with Gasteiger partial charge in [-0.15, -0.1) is 0 Å². The van der Waals surface area contributed by atoms with Crippen LogP contribution in [-0.2, 0) is 12.0 Å². The summed E-state index contributed by atoms with van der Waals surface area (Å²) in [4.78, 5) is 20.1. The number of hydrogen-bond donors (Lipinski definition) is 1. The second kappa shape index (κ2) is 7.95. The fraction of sp³-hybridized carbons (Fsp3) is 0.280. The van der Waals surface area contributed by atoms with E-state index in [2.05, 4.69) is 43.2 Å². The van der Waals surface area contributed by atoms with Gasteiger partial charge in [-0.1, -0.05) is 32.9 Å². The molecule has 0 spiro atoms. The van der Waals surface area contributed by atoms with E-state index in [1.807, 2.05) is 18.2 Å². The van der Waals surface area contributed by atoms with Crippen molar-refractivity contribution in [1.29, 1.82) is 0 Å². The summed E-state index contributed by atoms with van der Waals surface area (Å²) in [7, 11) is 3.15. The zero-order chi connectivity index (χ0) is 22.2. The number of carbonyl (C=O) groups is 1. The maximum absolute atomic E-state index is 13.9. The Labute approximate surface area is 182 Å². The molecule has 160 valence electrons. The smallest absolute Gasteiger partial charge is 0.262 e. The lowest BCUT2D eigenvalue weighted by Gasteiger charge is -2.27. The molecule has 4 rings (SSSR count). The molecule has 0 radical (unpaired) electrons. The third-order valence-electron chi connectivity index (χ3n) is 5.51. The van der Waals surface area contributed by atoms with Crippen LogP contribution in [0.15, 0.2) is 54.7 Å². The number of benzene rings is 2. The summed E-state index contributed by atoms with van der Waals surface area (Å²) in [6.07, 6.45) is 1.75. The third-order valence-corrected chi connectivity index (χ3v) is 5.51. The van der Waals surface area contributed by atoms with E-state index in [0.29, 0.717) is 23.6 Å². The Kier molecular flexibility index (Phi) is 5.31. The second-order valence-corrected chi connectivity index (χ2v) is 8.58. The number of amides is 1. The van der Waals surface area contributed by atoms with Crippen molar-refractivity contribution in [2.45, 2.75) is 32.7 Å². The Hall–Kier alpha value is -3.54. The molecule has 1 N–H and O–H groups in total. The SMILES string of the molecule is COc1ccc(OC)c(C(=O)N2Cc3cccnc3Nc3ccc(C(C)(C)C)cc32)c1. The van der Waals surface area contributed by atoms with E-state index in [1.54, 1.807) is 43.5 Å². The zero-order valence-electron chi connectivity index (χ0n) is 18.5. The van der Waals surface area contributed by atoms with Crippen LogP contribution in [0.1, 0.15) is 42.3 Å². The first-order valence-electron chi connectivity index (χ1n) is 10.2. The van der Waals surface area contributed by atoms with Crippen molar-refractivity contribution in [3.8, 4) is 11.5 Å². The van der Waals surface area contributed by atoms with Crippen molar-refractivity contribution in [1.82, 2.24) is 4.98 Å². The van der Waals surface area contributed by atoms with Gasteiger partial charge in [0.1, 0.15) is 17.3 Å². The molecule has 6 heteroatoms. The Morgan fingerprint density at radius 1 is 1.06 bits per heavy atom. The number of nitrogens with zero attached hydrogens (tertiary/aromatic N) is 2. The highest BCUT2D eigenvalue weighted by Crippen LogP contribution is 2.39. The van der Waals surface area contributed by atoms with Gasteiger partial charge in [-0.05, 0) is 47.4 Å². The van der Waals surface area contributed by atoms with E-state index in [-0.39, 0.29) is 11.3 Å². The number of ether oxygens (including phenoxy) is 2. The number of rotatable bonds is 3. The number of nitrogens with one attached hydrogen (secondary N) is 1. The monoisotopic (exact) mass is 417 g/mol. The minimum absolute atomic E-state index is 0.0607. The van der Waals surface area contributed by atoms with E-state index in [0.717, 1.165) is 28.3 Å². The van der Waals surface area contributed by atoms with Crippen LogP contribution in [0.5, 0.6) is 11.5 Å². The van der Waals surface area contributed by atoms with Crippen LogP contribution >= 0.6 is 0 Å². The second-order valence-electron chi connectivity index (χ2n) is 8.58. The fourth-order valence-corrected chi connectivity index (χ4v) is 3.70. The molecular formula is C25H27N3O3. The maximum atomic E-state index is 13.9. The summed E-state index contributed by atoms with van der Waals surface area (Å²) in [6.45, 7) is 6.86. The van der Waals surface area contributed by atoms with Crippen molar-refractivity contribution in [2.75, 3.05) is 24.4 Å². The lowest BCUT2D eigenvalue weighted by molar-refractivity contribution is 0.0982. The van der Waals surface area contributed by atoms with E-state index >= 15 is 0 Å². The minimum atomic E-state index is -0.165. The van der Waals surface area contributed by atoms with Gasteiger partial charge < -0.3 is 19.7 Å². The number of anilines is 3.